The lowest BCUT2D eigenvalue weighted by Crippen LogP contribution is -2.52. The normalized spacial score (nSPS) is 18.6. The minimum absolute atomic E-state index is 0.0258. The predicted octanol–water partition coefficient (Wildman–Crippen LogP) is 5.25. The maximum Gasteiger partial charge on any atom is 0.255 e. The molecule has 0 aromatic heterocycles. The van der Waals surface area contributed by atoms with Gasteiger partial charge in [0.25, 0.3) is 5.91 Å². The molecule has 3 rings (SSSR count). The first-order valence-electron chi connectivity index (χ1n) is 11.4. The summed E-state index contributed by atoms with van der Waals surface area (Å²) in [7, 11) is 0. The molecular formula is C26H33F2N3O2. The van der Waals surface area contributed by atoms with E-state index in [2.05, 4.69) is 5.32 Å². The molecule has 178 valence electrons. The van der Waals surface area contributed by atoms with E-state index >= 15 is 0 Å². The molecule has 0 bridgehead atoms. The monoisotopic (exact) mass is 457 g/mol. The average Bonchev–Trinajstić information content (AvgIpc) is 2.71. The van der Waals surface area contributed by atoms with Gasteiger partial charge in [-0.2, -0.15) is 0 Å². The van der Waals surface area contributed by atoms with Gasteiger partial charge >= 0.3 is 0 Å². The molecule has 0 radical (unpaired) electrons. The maximum atomic E-state index is 13.5. The molecule has 0 spiro atoms. The zero-order valence-electron chi connectivity index (χ0n) is 19.5. The number of carbonyl (C=O) groups excluding carboxylic acids is 2. The largest absolute Gasteiger partial charge is 0.334 e. The SMILES string of the molecule is CC(C)(C)CC(=O)N(Cc1cccc(NC(=O)c2cc(F)cc(F)c2)c1)C1CCCCC1N. The molecule has 2 aromatic rings. The molecule has 0 aliphatic heterocycles. The number of nitrogens with zero attached hydrogens (tertiary/aromatic N) is 1. The smallest absolute Gasteiger partial charge is 0.255 e. The van der Waals surface area contributed by atoms with Crippen LogP contribution in [0.15, 0.2) is 42.5 Å². The Labute approximate surface area is 194 Å². The summed E-state index contributed by atoms with van der Waals surface area (Å²) in [6.07, 6.45) is 4.29. The maximum absolute atomic E-state index is 13.5. The molecule has 2 unspecified atom stereocenters. The summed E-state index contributed by atoms with van der Waals surface area (Å²) >= 11 is 0. The lowest BCUT2D eigenvalue weighted by Gasteiger charge is -2.39. The first-order valence-corrected chi connectivity index (χ1v) is 11.4. The number of anilines is 1. The van der Waals surface area contributed by atoms with Crippen molar-refractivity contribution in [3.8, 4) is 0 Å². The minimum Gasteiger partial charge on any atom is -0.334 e. The van der Waals surface area contributed by atoms with Gasteiger partial charge in [-0.3, -0.25) is 9.59 Å². The highest BCUT2D eigenvalue weighted by atomic mass is 19.1. The van der Waals surface area contributed by atoms with Crippen molar-refractivity contribution in [2.45, 2.75) is 71.5 Å². The Bertz CT molecular complexity index is 983. The first kappa shape index (κ1) is 24.8. The van der Waals surface area contributed by atoms with Crippen LogP contribution in [-0.4, -0.2) is 28.8 Å². The van der Waals surface area contributed by atoms with Gasteiger partial charge in [-0.05, 0) is 48.1 Å². The van der Waals surface area contributed by atoms with Crippen molar-refractivity contribution < 1.29 is 18.4 Å². The number of amides is 2. The van der Waals surface area contributed by atoms with E-state index in [1.165, 1.54) is 0 Å². The van der Waals surface area contributed by atoms with Crippen molar-refractivity contribution in [3.05, 3.63) is 65.2 Å². The highest BCUT2D eigenvalue weighted by Crippen LogP contribution is 2.28. The molecule has 2 amide bonds. The van der Waals surface area contributed by atoms with E-state index in [-0.39, 0.29) is 29.0 Å². The summed E-state index contributed by atoms with van der Waals surface area (Å²) in [5, 5.41) is 2.68. The summed E-state index contributed by atoms with van der Waals surface area (Å²) < 4.78 is 26.9. The number of hydrogen-bond acceptors (Lipinski definition) is 3. The Morgan fingerprint density at radius 3 is 2.36 bits per heavy atom. The lowest BCUT2D eigenvalue weighted by molar-refractivity contribution is -0.137. The number of benzene rings is 2. The van der Waals surface area contributed by atoms with Crippen molar-refractivity contribution in [2.24, 2.45) is 11.1 Å². The van der Waals surface area contributed by atoms with Crippen LogP contribution in [0.1, 0.15) is 68.8 Å². The van der Waals surface area contributed by atoms with Gasteiger partial charge in [-0.25, -0.2) is 8.78 Å². The number of nitrogens with one attached hydrogen (secondary N) is 1. The van der Waals surface area contributed by atoms with Gasteiger partial charge in [0.2, 0.25) is 5.91 Å². The number of nitrogens with two attached hydrogens (primary N) is 1. The summed E-state index contributed by atoms with van der Waals surface area (Å²) in [5.41, 5.74) is 7.49. The topological polar surface area (TPSA) is 75.4 Å². The van der Waals surface area contributed by atoms with Crippen LogP contribution in [0.2, 0.25) is 0 Å². The van der Waals surface area contributed by atoms with Crippen LogP contribution >= 0.6 is 0 Å². The van der Waals surface area contributed by atoms with Crippen LogP contribution in [0.25, 0.3) is 0 Å². The van der Waals surface area contributed by atoms with E-state index in [1.807, 2.05) is 31.7 Å². The molecular weight excluding hydrogens is 424 g/mol. The Kier molecular flexibility index (Phi) is 7.84. The van der Waals surface area contributed by atoms with Crippen molar-refractivity contribution in [1.29, 1.82) is 0 Å². The van der Waals surface area contributed by atoms with Crippen LogP contribution in [0, 0.1) is 17.0 Å². The van der Waals surface area contributed by atoms with E-state index in [0.29, 0.717) is 18.7 Å². The number of rotatable bonds is 6. The molecule has 1 saturated carbocycles. The molecule has 1 fully saturated rings. The van der Waals surface area contributed by atoms with Crippen molar-refractivity contribution in [2.75, 3.05) is 5.32 Å². The molecule has 0 saturated heterocycles. The number of carbonyl (C=O) groups is 2. The van der Waals surface area contributed by atoms with Gasteiger partial charge in [0, 0.05) is 42.4 Å². The molecule has 0 heterocycles. The van der Waals surface area contributed by atoms with Crippen LogP contribution in [0.3, 0.4) is 0 Å². The quantitative estimate of drug-likeness (QED) is 0.622. The minimum atomic E-state index is -0.814. The summed E-state index contributed by atoms with van der Waals surface area (Å²) in [5.74, 6) is -2.17. The average molecular weight is 458 g/mol. The molecule has 33 heavy (non-hydrogen) atoms. The Hall–Kier alpha value is -2.80. The third-order valence-corrected chi connectivity index (χ3v) is 5.85. The number of hydrogen-bond donors (Lipinski definition) is 2. The molecule has 3 N–H and O–H groups in total. The fraction of sp³-hybridized carbons (Fsp3) is 0.462. The zero-order chi connectivity index (χ0) is 24.2. The standard InChI is InChI=1S/C26H33F2N3O2/c1-26(2,3)15-24(32)31(23-10-5-4-9-22(23)29)16-17-7-6-8-21(11-17)30-25(33)18-12-19(27)14-20(28)13-18/h6-8,11-14,22-23H,4-5,9-10,15-16,29H2,1-3H3,(H,30,33). The highest BCUT2D eigenvalue weighted by molar-refractivity contribution is 6.04. The fourth-order valence-electron chi connectivity index (χ4n) is 4.30. The van der Waals surface area contributed by atoms with Crippen molar-refractivity contribution in [1.82, 2.24) is 4.90 Å². The van der Waals surface area contributed by atoms with Crippen molar-refractivity contribution in [3.63, 3.8) is 0 Å². The highest BCUT2D eigenvalue weighted by Gasteiger charge is 2.32. The van der Waals surface area contributed by atoms with E-state index < -0.39 is 17.5 Å². The Balaban J connectivity index is 1.79. The second-order valence-electron chi connectivity index (χ2n) is 10.1. The zero-order valence-corrected chi connectivity index (χ0v) is 19.5. The molecule has 1 aliphatic rings. The van der Waals surface area contributed by atoms with E-state index in [9.17, 15) is 18.4 Å². The number of halogens is 2. The summed E-state index contributed by atoms with van der Waals surface area (Å²) in [6.45, 7) is 6.49. The van der Waals surface area contributed by atoms with Gasteiger partial charge < -0.3 is 16.0 Å². The lowest BCUT2D eigenvalue weighted by atomic mass is 9.87. The first-order chi connectivity index (χ1) is 15.5. The van der Waals surface area contributed by atoms with Crippen molar-refractivity contribution >= 4 is 17.5 Å². The van der Waals surface area contributed by atoms with Crippen LogP contribution < -0.4 is 11.1 Å². The van der Waals surface area contributed by atoms with Gasteiger partial charge in [0.05, 0.1) is 0 Å². The van der Waals surface area contributed by atoms with E-state index in [4.69, 9.17) is 5.73 Å². The van der Waals surface area contributed by atoms with Gasteiger partial charge in [-0.1, -0.05) is 45.7 Å². The second-order valence-corrected chi connectivity index (χ2v) is 10.1. The van der Waals surface area contributed by atoms with Crippen LogP contribution in [-0.2, 0) is 11.3 Å². The van der Waals surface area contributed by atoms with E-state index in [1.54, 1.807) is 18.2 Å². The summed E-state index contributed by atoms with van der Waals surface area (Å²) in [4.78, 5) is 27.6. The second kappa shape index (κ2) is 10.4. The van der Waals surface area contributed by atoms with Gasteiger partial charge in [-0.15, -0.1) is 0 Å². The Morgan fingerprint density at radius 1 is 1.06 bits per heavy atom. The molecule has 2 aromatic carbocycles. The van der Waals surface area contributed by atoms with Crippen LogP contribution in [0.4, 0.5) is 14.5 Å². The Morgan fingerprint density at radius 2 is 1.73 bits per heavy atom. The van der Waals surface area contributed by atoms with Crippen LogP contribution in [0.5, 0.6) is 0 Å². The van der Waals surface area contributed by atoms with E-state index in [0.717, 1.165) is 49.4 Å². The molecule has 7 heteroatoms. The summed E-state index contributed by atoms with van der Waals surface area (Å²) in [6, 6.07) is 9.75. The molecule has 1 aliphatic carbocycles. The molecule has 5 nitrogen and oxygen atoms in total. The third-order valence-electron chi connectivity index (χ3n) is 5.85. The molecule has 2 atom stereocenters. The van der Waals surface area contributed by atoms with Gasteiger partial charge in [0.1, 0.15) is 11.6 Å². The third kappa shape index (κ3) is 7.09. The van der Waals surface area contributed by atoms with Gasteiger partial charge in [0.15, 0.2) is 0 Å². The predicted molar refractivity (Wildman–Crippen MR) is 126 cm³/mol. The fourth-order valence-corrected chi connectivity index (χ4v) is 4.30.